The van der Waals surface area contributed by atoms with E-state index in [2.05, 4.69) is 0 Å². The Labute approximate surface area is 152 Å². The van der Waals surface area contributed by atoms with Crippen molar-refractivity contribution in [2.75, 3.05) is 6.61 Å². The van der Waals surface area contributed by atoms with Gasteiger partial charge in [0.2, 0.25) is 0 Å². The predicted molar refractivity (Wildman–Crippen MR) is 96.2 cm³/mol. The molecule has 1 aliphatic rings. The van der Waals surface area contributed by atoms with Gasteiger partial charge in [-0.3, -0.25) is 4.79 Å². The fourth-order valence-electron chi connectivity index (χ4n) is 3.23. The maximum Gasteiger partial charge on any atom is 0.306 e. The van der Waals surface area contributed by atoms with Crippen LogP contribution in [0.1, 0.15) is 48.7 Å². The van der Waals surface area contributed by atoms with Crippen molar-refractivity contribution in [3.05, 3.63) is 64.2 Å². The molecule has 0 aliphatic heterocycles. The Bertz CT molecular complexity index is 742. The first-order valence-electron chi connectivity index (χ1n) is 8.45. The lowest BCUT2D eigenvalue weighted by atomic mass is 10.1. The first-order chi connectivity index (χ1) is 12.1. The summed E-state index contributed by atoms with van der Waals surface area (Å²) in [4.78, 5) is 11.0. The van der Waals surface area contributed by atoms with Gasteiger partial charge in [-0.25, -0.2) is 0 Å². The van der Waals surface area contributed by atoms with E-state index in [0.29, 0.717) is 6.61 Å². The summed E-state index contributed by atoms with van der Waals surface area (Å²) in [6.07, 6.45) is 1.43. The Balaban J connectivity index is 1.70. The van der Waals surface area contributed by atoms with Crippen LogP contribution in [0.15, 0.2) is 42.5 Å². The van der Waals surface area contributed by atoms with Gasteiger partial charge in [-0.2, -0.15) is 0 Å². The van der Waals surface area contributed by atoms with Gasteiger partial charge in [0.25, 0.3) is 0 Å². The summed E-state index contributed by atoms with van der Waals surface area (Å²) < 4.78 is 11.7. The maximum absolute atomic E-state index is 11.0. The van der Waals surface area contributed by atoms with Crippen LogP contribution in [0.5, 0.6) is 5.75 Å². The highest BCUT2D eigenvalue weighted by molar-refractivity contribution is 6.30. The van der Waals surface area contributed by atoms with Crippen LogP contribution in [0.4, 0.5) is 0 Å². The molecule has 0 aromatic heterocycles. The Morgan fingerprint density at radius 3 is 2.72 bits per heavy atom. The summed E-state index contributed by atoms with van der Waals surface area (Å²) >= 11 is 6.05. The molecular formula is C20H21ClO4. The SMILES string of the molecule is CCO[C@@H](CC(=O)O)c1ccc(OC2CCc3cc(Cl)ccc32)cc1. The quantitative estimate of drug-likeness (QED) is 0.758. The second-order valence-electron chi connectivity index (χ2n) is 6.10. The zero-order valence-electron chi connectivity index (χ0n) is 14.1. The van der Waals surface area contributed by atoms with Crippen molar-refractivity contribution in [2.45, 2.75) is 38.4 Å². The zero-order valence-corrected chi connectivity index (χ0v) is 14.8. The van der Waals surface area contributed by atoms with Gasteiger partial charge in [0, 0.05) is 11.6 Å². The van der Waals surface area contributed by atoms with E-state index in [1.54, 1.807) is 0 Å². The first-order valence-corrected chi connectivity index (χ1v) is 8.83. The molecule has 2 aromatic rings. The van der Waals surface area contributed by atoms with Crippen LogP contribution in [-0.2, 0) is 16.0 Å². The minimum absolute atomic E-state index is 0.0276. The average Bonchev–Trinajstić information content (AvgIpc) is 2.97. The Kier molecular flexibility index (Phi) is 5.61. The molecule has 0 spiro atoms. The van der Waals surface area contributed by atoms with Crippen molar-refractivity contribution in [1.82, 2.24) is 0 Å². The number of carbonyl (C=O) groups is 1. The monoisotopic (exact) mass is 360 g/mol. The number of hydrogen-bond acceptors (Lipinski definition) is 3. The Morgan fingerprint density at radius 2 is 2.04 bits per heavy atom. The van der Waals surface area contributed by atoms with Gasteiger partial charge in [-0.05, 0) is 60.7 Å². The van der Waals surface area contributed by atoms with Gasteiger partial charge in [0.15, 0.2) is 0 Å². The number of aliphatic carboxylic acids is 1. The minimum Gasteiger partial charge on any atom is -0.486 e. The maximum atomic E-state index is 11.0. The summed E-state index contributed by atoms with van der Waals surface area (Å²) in [6, 6.07) is 13.4. The van der Waals surface area contributed by atoms with Gasteiger partial charge in [-0.15, -0.1) is 0 Å². The zero-order chi connectivity index (χ0) is 17.8. The smallest absolute Gasteiger partial charge is 0.306 e. The first kappa shape index (κ1) is 17.8. The van der Waals surface area contributed by atoms with E-state index in [1.165, 1.54) is 11.1 Å². The lowest BCUT2D eigenvalue weighted by molar-refractivity contribution is -0.140. The molecule has 25 heavy (non-hydrogen) atoms. The van der Waals surface area contributed by atoms with E-state index < -0.39 is 12.1 Å². The molecule has 0 heterocycles. The van der Waals surface area contributed by atoms with E-state index in [-0.39, 0.29) is 12.5 Å². The second kappa shape index (κ2) is 7.89. The lowest BCUT2D eigenvalue weighted by Gasteiger charge is -2.18. The van der Waals surface area contributed by atoms with Gasteiger partial charge >= 0.3 is 5.97 Å². The molecule has 0 fully saturated rings. The molecule has 0 bridgehead atoms. The van der Waals surface area contributed by atoms with Crippen molar-refractivity contribution in [2.24, 2.45) is 0 Å². The van der Waals surface area contributed by atoms with E-state index >= 15 is 0 Å². The molecule has 1 unspecified atom stereocenters. The molecule has 0 saturated heterocycles. The molecule has 3 rings (SSSR count). The van der Waals surface area contributed by atoms with Crippen LogP contribution >= 0.6 is 11.6 Å². The lowest BCUT2D eigenvalue weighted by Crippen LogP contribution is -2.10. The van der Waals surface area contributed by atoms with Gasteiger partial charge < -0.3 is 14.6 Å². The fourth-order valence-corrected chi connectivity index (χ4v) is 3.42. The van der Waals surface area contributed by atoms with Crippen LogP contribution in [0.25, 0.3) is 0 Å². The summed E-state index contributed by atoms with van der Waals surface area (Å²) in [5, 5.41) is 9.77. The van der Waals surface area contributed by atoms with E-state index in [9.17, 15) is 4.79 Å². The third kappa shape index (κ3) is 4.33. The molecule has 4 nitrogen and oxygen atoms in total. The molecule has 1 aliphatic carbocycles. The molecule has 132 valence electrons. The molecule has 5 heteroatoms. The van der Waals surface area contributed by atoms with Crippen LogP contribution in [0.2, 0.25) is 5.02 Å². The summed E-state index contributed by atoms with van der Waals surface area (Å²) in [5.74, 6) is -0.109. The normalized spacial score (nSPS) is 17.1. The molecule has 0 saturated carbocycles. The summed E-state index contributed by atoms with van der Waals surface area (Å²) in [7, 11) is 0. The molecule has 1 N–H and O–H groups in total. The third-order valence-corrected chi connectivity index (χ3v) is 4.62. The highest BCUT2D eigenvalue weighted by Gasteiger charge is 2.24. The number of hydrogen-bond donors (Lipinski definition) is 1. The van der Waals surface area contributed by atoms with Crippen LogP contribution in [0.3, 0.4) is 0 Å². The molecule has 0 amide bonds. The third-order valence-electron chi connectivity index (χ3n) is 4.39. The van der Waals surface area contributed by atoms with E-state index in [0.717, 1.165) is 29.2 Å². The van der Waals surface area contributed by atoms with Crippen molar-refractivity contribution >= 4 is 17.6 Å². The number of halogens is 1. The topological polar surface area (TPSA) is 55.8 Å². The van der Waals surface area contributed by atoms with Crippen LogP contribution < -0.4 is 4.74 Å². The standard InChI is InChI=1S/C20H21ClO4/c1-2-24-19(12-20(22)23)13-3-7-16(8-4-13)25-18-10-5-14-11-15(21)6-9-17(14)18/h3-4,6-9,11,18-19H,2,5,10,12H2,1H3,(H,22,23)/t18?,19-/m0/s1. The Morgan fingerprint density at radius 1 is 1.28 bits per heavy atom. The van der Waals surface area contributed by atoms with Crippen molar-refractivity contribution in [3.63, 3.8) is 0 Å². The highest BCUT2D eigenvalue weighted by Crippen LogP contribution is 2.36. The largest absolute Gasteiger partial charge is 0.486 e. The molecule has 0 radical (unpaired) electrons. The number of fused-ring (bicyclic) bond motifs is 1. The number of ether oxygens (including phenoxy) is 2. The average molecular weight is 361 g/mol. The number of aryl methyl sites for hydroxylation is 1. The number of rotatable bonds is 7. The van der Waals surface area contributed by atoms with Crippen molar-refractivity contribution < 1.29 is 19.4 Å². The minimum atomic E-state index is -0.875. The second-order valence-corrected chi connectivity index (χ2v) is 6.54. The molecule has 2 atom stereocenters. The summed E-state index contributed by atoms with van der Waals surface area (Å²) in [6.45, 7) is 2.33. The van der Waals surface area contributed by atoms with Gasteiger partial charge in [0.05, 0.1) is 12.5 Å². The fraction of sp³-hybridized carbons (Fsp3) is 0.350. The van der Waals surface area contributed by atoms with E-state index in [4.69, 9.17) is 26.2 Å². The van der Waals surface area contributed by atoms with Gasteiger partial charge in [-0.1, -0.05) is 29.8 Å². The van der Waals surface area contributed by atoms with Crippen molar-refractivity contribution in [3.8, 4) is 5.75 Å². The molecule has 2 aromatic carbocycles. The van der Waals surface area contributed by atoms with Crippen molar-refractivity contribution in [1.29, 1.82) is 0 Å². The van der Waals surface area contributed by atoms with Gasteiger partial charge in [0.1, 0.15) is 11.9 Å². The van der Waals surface area contributed by atoms with Crippen LogP contribution in [-0.4, -0.2) is 17.7 Å². The van der Waals surface area contributed by atoms with E-state index in [1.807, 2.05) is 49.4 Å². The number of benzene rings is 2. The van der Waals surface area contributed by atoms with Crippen LogP contribution in [0, 0.1) is 0 Å². The molecular weight excluding hydrogens is 340 g/mol. The number of carboxylic acids is 1. The number of carboxylic acid groups (broad SMARTS) is 1. The predicted octanol–water partition coefficient (Wildman–Crippen LogP) is 4.96. The summed E-state index contributed by atoms with van der Waals surface area (Å²) in [5.41, 5.74) is 3.27. The highest BCUT2D eigenvalue weighted by atomic mass is 35.5. The Hall–Kier alpha value is -2.04.